The molecule has 0 fully saturated rings. The van der Waals surface area contributed by atoms with Crippen LogP contribution in [-0.2, 0) is 16.6 Å². The molecule has 0 unspecified atom stereocenters. The number of para-hydroxylation sites is 1. The van der Waals surface area contributed by atoms with Crippen molar-refractivity contribution in [1.82, 2.24) is 4.72 Å². The first kappa shape index (κ1) is 22.7. The molecule has 0 spiro atoms. The van der Waals surface area contributed by atoms with E-state index < -0.39 is 10.0 Å². The SMILES string of the molecule is CNS(=O)(=O)/C(=C/c1cccc(-c2ccoc2)c1OCc1cc(Br)c2occc2c1)SC. The standard InChI is InChI=1S/C23H20BrNO5S2/c1-25-32(26,27)21(31-2)12-16-4-3-5-19(18-6-8-28-14-18)22(16)30-13-15-10-17-7-9-29-23(17)20(24)11-15/h3-12,14,25H,13H2,1-2H3/b21-12+. The van der Waals surface area contributed by atoms with Crippen molar-refractivity contribution in [3.8, 4) is 16.9 Å². The minimum atomic E-state index is -3.60. The lowest BCUT2D eigenvalue weighted by atomic mass is 10.0. The maximum atomic E-state index is 12.4. The quantitative estimate of drug-likeness (QED) is 0.288. The molecule has 4 aromatic rings. The largest absolute Gasteiger partial charge is 0.488 e. The van der Waals surface area contributed by atoms with E-state index in [1.54, 1.807) is 31.1 Å². The van der Waals surface area contributed by atoms with Crippen molar-refractivity contribution in [2.75, 3.05) is 13.3 Å². The average Bonchev–Trinajstić information content (AvgIpc) is 3.48. The third-order valence-corrected chi connectivity index (χ3v) is 8.29. The van der Waals surface area contributed by atoms with Gasteiger partial charge in [0.15, 0.2) is 0 Å². The number of thioether (sulfide) groups is 1. The molecule has 0 radical (unpaired) electrons. The number of furan rings is 2. The van der Waals surface area contributed by atoms with Crippen LogP contribution in [0.4, 0.5) is 0 Å². The summed E-state index contributed by atoms with van der Waals surface area (Å²) in [5, 5.41) is 0.964. The van der Waals surface area contributed by atoms with Crippen LogP contribution in [0.25, 0.3) is 28.2 Å². The third-order valence-electron chi connectivity index (χ3n) is 4.83. The van der Waals surface area contributed by atoms with Gasteiger partial charge in [0.05, 0.1) is 23.3 Å². The molecule has 9 heteroatoms. The summed E-state index contributed by atoms with van der Waals surface area (Å²) in [5.74, 6) is 0.565. The molecule has 0 amide bonds. The van der Waals surface area contributed by atoms with E-state index in [0.717, 1.165) is 43.9 Å². The normalized spacial score (nSPS) is 12.4. The van der Waals surface area contributed by atoms with E-state index >= 15 is 0 Å². The highest BCUT2D eigenvalue weighted by atomic mass is 79.9. The van der Waals surface area contributed by atoms with E-state index in [2.05, 4.69) is 20.7 Å². The Bertz CT molecular complexity index is 1370. The van der Waals surface area contributed by atoms with Crippen LogP contribution < -0.4 is 9.46 Å². The second-order valence-electron chi connectivity index (χ2n) is 6.82. The second-order valence-corrected chi connectivity index (χ2v) is 10.6. The average molecular weight is 534 g/mol. The van der Waals surface area contributed by atoms with E-state index in [1.165, 1.54) is 7.05 Å². The van der Waals surface area contributed by atoms with E-state index in [4.69, 9.17) is 13.6 Å². The van der Waals surface area contributed by atoms with Crippen molar-refractivity contribution in [3.05, 3.63) is 81.1 Å². The zero-order chi connectivity index (χ0) is 22.7. The molecule has 0 aliphatic rings. The highest BCUT2D eigenvalue weighted by molar-refractivity contribution is 9.10. The molecular formula is C23H20BrNO5S2. The van der Waals surface area contributed by atoms with Gasteiger partial charge in [0.2, 0.25) is 10.0 Å². The Labute approximate surface area is 198 Å². The van der Waals surface area contributed by atoms with Gasteiger partial charge in [-0.25, -0.2) is 13.1 Å². The fourth-order valence-corrected chi connectivity index (χ4v) is 5.76. The smallest absolute Gasteiger partial charge is 0.246 e. The molecule has 0 saturated carbocycles. The van der Waals surface area contributed by atoms with E-state index in [0.29, 0.717) is 11.3 Å². The van der Waals surface area contributed by atoms with Crippen LogP contribution in [-0.4, -0.2) is 21.7 Å². The Kier molecular flexibility index (Phi) is 6.80. The van der Waals surface area contributed by atoms with Crippen LogP contribution in [0.15, 0.2) is 78.8 Å². The second kappa shape index (κ2) is 9.58. The summed E-state index contributed by atoms with van der Waals surface area (Å²) < 4.78 is 45.2. The molecule has 0 bridgehead atoms. The molecule has 166 valence electrons. The predicted octanol–water partition coefficient (Wildman–Crippen LogP) is 6.24. The molecule has 1 N–H and O–H groups in total. The number of hydrogen-bond acceptors (Lipinski definition) is 6. The van der Waals surface area contributed by atoms with Gasteiger partial charge < -0.3 is 13.6 Å². The number of nitrogens with one attached hydrogen (secondary N) is 1. The van der Waals surface area contributed by atoms with Crippen LogP contribution in [0.1, 0.15) is 11.1 Å². The third kappa shape index (κ3) is 4.66. The van der Waals surface area contributed by atoms with E-state index in [-0.39, 0.29) is 10.8 Å². The van der Waals surface area contributed by atoms with Crippen molar-refractivity contribution in [1.29, 1.82) is 0 Å². The number of hydrogen-bond donors (Lipinski definition) is 1. The Morgan fingerprint density at radius 1 is 1.22 bits per heavy atom. The van der Waals surface area contributed by atoms with Crippen molar-refractivity contribution in [2.24, 2.45) is 0 Å². The van der Waals surface area contributed by atoms with Gasteiger partial charge in [-0.2, -0.15) is 0 Å². The first-order valence-corrected chi connectivity index (χ1v) is 13.1. The molecule has 0 aliphatic heterocycles. The molecule has 6 nitrogen and oxygen atoms in total. The monoisotopic (exact) mass is 533 g/mol. The zero-order valence-corrected chi connectivity index (χ0v) is 20.5. The molecule has 2 heterocycles. The van der Waals surface area contributed by atoms with Crippen LogP contribution in [0, 0.1) is 0 Å². The fraction of sp³-hybridized carbons (Fsp3) is 0.130. The van der Waals surface area contributed by atoms with Crippen molar-refractivity contribution in [2.45, 2.75) is 6.61 Å². The first-order chi connectivity index (χ1) is 15.4. The lowest BCUT2D eigenvalue weighted by Crippen LogP contribution is -2.18. The summed E-state index contributed by atoms with van der Waals surface area (Å²) in [6, 6.07) is 13.3. The van der Waals surface area contributed by atoms with Crippen LogP contribution in [0.5, 0.6) is 5.75 Å². The van der Waals surface area contributed by atoms with E-state index in [1.807, 2.05) is 42.5 Å². The van der Waals surface area contributed by atoms with Crippen LogP contribution in [0.2, 0.25) is 0 Å². The summed E-state index contributed by atoms with van der Waals surface area (Å²) in [5.41, 5.74) is 4.01. The predicted molar refractivity (Wildman–Crippen MR) is 132 cm³/mol. The lowest BCUT2D eigenvalue weighted by molar-refractivity contribution is 0.307. The van der Waals surface area contributed by atoms with Gasteiger partial charge in [-0.3, -0.25) is 0 Å². The highest BCUT2D eigenvalue weighted by Crippen LogP contribution is 2.37. The topological polar surface area (TPSA) is 81.7 Å². The number of halogens is 1. The molecule has 2 aromatic heterocycles. The molecule has 0 atom stereocenters. The van der Waals surface area contributed by atoms with Crippen LogP contribution >= 0.6 is 27.7 Å². The number of ether oxygens (including phenoxy) is 1. The van der Waals surface area contributed by atoms with Gasteiger partial charge in [-0.15, -0.1) is 11.8 Å². The van der Waals surface area contributed by atoms with Gasteiger partial charge in [-0.1, -0.05) is 18.2 Å². The fourth-order valence-electron chi connectivity index (χ4n) is 3.28. The lowest BCUT2D eigenvalue weighted by Gasteiger charge is -2.15. The molecule has 32 heavy (non-hydrogen) atoms. The van der Waals surface area contributed by atoms with Gasteiger partial charge in [0, 0.05) is 22.1 Å². The van der Waals surface area contributed by atoms with Gasteiger partial charge >= 0.3 is 0 Å². The van der Waals surface area contributed by atoms with Gasteiger partial charge in [0.25, 0.3) is 0 Å². The zero-order valence-electron chi connectivity index (χ0n) is 17.3. The van der Waals surface area contributed by atoms with Crippen molar-refractivity contribution < 1.29 is 22.0 Å². The molecule has 2 aromatic carbocycles. The number of rotatable bonds is 8. The van der Waals surface area contributed by atoms with Crippen molar-refractivity contribution in [3.63, 3.8) is 0 Å². The van der Waals surface area contributed by atoms with Crippen LogP contribution in [0.3, 0.4) is 0 Å². The Balaban J connectivity index is 1.77. The minimum absolute atomic E-state index is 0.191. The first-order valence-electron chi connectivity index (χ1n) is 9.56. The molecule has 0 saturated heterocycles. The maximum absolute atomic E-state index is 12.4. The summed E-state index contributed by atoms with van der Waals surface area (Å²) in [6.07, 6.45) is 8.20. The highest BCUT2D eigenvalue weighted by Gasteiger charge is 2.18. The summed E-state index contributed by atoms with van der Waals surface area (Å²) in [7, 11) is -2.21. The summed E-state index contributed by atoms with van der Waals surface area (Å²) >= 11 is 4.68. The Morgan fingerprint density at radius 2 is 2.06 bits per heavy atom. The number of fused-ring (bicyclic) bond motifs is 1. The Morgan fingerprint density at radius 3 is 2.78 bits per heavy atom. The number of sulfonamides is 1. The molecular weight excluding hydrogens is 514 g/mol. The van der Waals surface area contributed by atoms with Crippen molar-refractivity contribution >= 4 is 54.8 Å². The van der Waals surface area contributed by atoms with Gasteiger partial charge in [0.1, 0.15) is 22.2 Å². The summed E-state index contributed by atoms with van der Waals surface area (Å²) in [6.45, 7) is 0.281. The van der Waals surface area contributed by atoms with Gasteiger partial charge in [-0.05, 0) is 65.1 Å². The number of benzene rings is 2. The molecule has 0 aliphatic carbocycles. The minimum Gasteiger partial charge on any atom is -0.488 e. The maximum Gasteiger partial charge on any atom is 0.246 e. The Hall–Kier alpha value is -2.46. The molecule has 4 rings (SSSR count). The summed E-state index contributed by atoms with van der Waals surface area (Å²) in [4.78, 5) is 0. The van der Waals surface area contributed by atoms with E-state index in [9.17, 15) is 8.42 Å².